The molecule has 0 aliphatic carbocycles. The third-order valence-electron chi connectivity index (χ3n) is 6.05. The van der Waals surface area contributed by atoms with Crippen molar-refractivity contribution in [2.45, 2.75) is 24.8 Å². The van der Waals surface area contributed by atoms with Crippen molar-refractivity contribution in [3.8, 4) is 0 Å². The average Bonchev–Trinajstić information content (AvgIpc) is 2.76. The fraction of sp³-hybridized carbons (Fsp3) is 0.286. The first-order chi connectivity index (χ1) is 14.0. The Morgan fingerprint density at radius 3 is 2.55 bits per heavy atom. The first kappa shape index (κ1) is 19.4. The molecule has 2 heterocycles. The van der Waals surface area contributed by atoms with Crippen molar-refractivity contribution >= 4 is 30.7 Å². The Hall–Kier alpha value is -2.97. The molecule has 1 spiro atoms. The predicted molar refractivity (Wildman–Crippen MR) is 107 cm³/mol. The lowest BCUT2D eigenvalue weighted by molar-refractivity contribution is -0.129. The number of fused-ring (bicyclic) bond motifs is 2. The van der Waals surface area contributed by atoms with Crippen LogP contribution in [0.5, 0.6) is 0 Å². The Morgan fingerprint density at radius 1 is 1.14 bits per heavy atom. The smallest absolute Gasteiger partial charge is 0.423 e. The molecular weight excluding hydrogens is 371 g/mol. The van der Waals surface area contributed by atoms with E-state index in [1.54, 1.807) is 4.90 Å². The minimum absolute atomic E-state index is 0.00725. The van der Waals surface area contributed by atoms with Gasteiger partial charge < -0.3 is 20.3 Å². The van der Waals surface area contributed by atoms with Gasteiger partial charge in [-0.05, 0) is 41.6 Å². The SMILES string of the molecule is O=Cc1cc(C(=O)N2CCC3(CC2)C(=O)NCc2ccccc23)ccc1B(O)O. The lowest BCUT2D eigenvalue weighted by Crippen LogP contribution is -2.55. The number of nitrogens with zero attached hydrogens (tertiary/aromatic N) is 1. The number of amides is 2. The zero-order chi connectivity index (χ0) is 20.6. The lowest BCUT2D eigenvalue weighted by atomic mass is 9.68. The number of rotatable bonds is 3. The standard InChI is InChI=1S/C21H21BN2O5/c25-13-16-11-14(5-6-18(16)22(28)29)19(26)24-9-7-21(8-10-24)17-4-2-1-3-15(17)12-23-20(21)27/h1-6,11,13,28-29H,7-10,12H2,(H,23,27). The van der Waals surface area contributed by atoms with E-state index in [-0.39, 0.29) is 22.8 Å². The zero-order valence-electron chi connectivity index (χ0n) is 15.8. The minimum atomic E-state index is -1.78. The number of hydrogen-bond donors (Lipinski definition) is 3. The molecule has 4 rings (SSSR count). The highest BCUT2D eigenvalue weighted by molar-refractivity contribution is 6.60. The van der Waals surface area contributed by atoms with Crippen LogP contribution in [0.1, 0.15) is 44.7 Å². The summed E-state index contributed by atoms with van der Waals surface area (Å²) in [5, 5.41) is 21.6. The van der Waals surface area contributed by atoms with Gasteiger partial charge in [-0.3, -0.25) is 14.4 Å². The average molecular weight is 392 g/mol. The molecule has 29 heavy (non-hydrogen) atoms. The molecule has 0 aromatic heterocycles. The van der Waals surface area contributed by atoms with E-state index in [4.69, 9.17) is 0 Å². The van der Waals surface area contributed by atoms with Crippen molar-refractivity contribution in [1.29, 1.82) is 0 Å². The van der Waals surface area contributed by atoms with Gasteiger partial charge in [-0.2, -0.15) is 0 Å². The maximum absolute atomic E-state index is 12.9. The van der Waals surface area contributed by atoms with Crippen molar-refractivity contribution in [1.82, 2.24) is 10.2 Å². The molecule has 1 fully saturated rings. The Kier molecular flexibility index (Phi) is 4.98. The van der Waals surface area contributed by atoms with E-state index in [0.717, 1.165) is 11.1 Å². The summed E-state index contributed by atoms with van der Waals surface area (Å²) < 4.78 is 0. The number of likely N-dealkylation sites (tertiary alicyclic amines) is 1. The van der Waals surface area contributed by atoms with Gasteiger partial charge in [0.2, 0.25) is 5.91 Å². The van der Waals surface area contributed by atoms with E-state index < -0.39 is 12.5 Å². The van der Waals surface area contributed by atoms with Gasteiger partial charge in [0.25, 0.3) is 5.91 Å². The number of piperidine rings is 1. The monoisotopic (exact) mass is 392 g/mol. The van der Waals surface area contributed by atoms with Gasteiger partial charge in [-0.25, -0.2) is 0 Å². The maximum Gasteiger partial charge on any atom is 0.489 e. The van der Waals surface area contributed by atoms with Crippen LogP contribution in [0.15, 0.2) is 42.5 Å². The largest absolute Gasteiger partial charge is 0.489 e. The lowest BCUT2D eigenvalue weighted by Gasteiger charge is -2.44. The van der Waals surface area contributed by atoms with E-state index in [1.807, 2.05) is 24.3 Å². The number of carbonyl (C=O) groups excluding carboxylic acids is 3. The Labute approximate surface area is 168 Å². The number of nitrogens with one attached hydrogen (secondary N) is 1. The second-order valence-electron chi connectivity index (χ2n) is 7.55. The third kappa shape index (κ3) is 3.24. The van der Waals surface area contributed by atoms with Gasteiger partial charge in [0.1, 0.15) is 6.29 Å². The van der Waals surface area contributed by atoms with Gasteiger partial charge in [0.15, 0.2) is 0 Å². The maximum atomic E-state index is 12.9. The van der Waals surface area contributed by atoms with Crippen molar-refractivity contribution < 1.29 is 24.4 Å². The van der Waals surface area contributed by atoms with Crippen molar-refractivity contribution in [3.63, 3.8) is 0 Å². The van der Waals surface area contributed by atoms with Gasteiger partial charge >= 0.3 is 7.12 Å². The molecule has 0 radical (unpaired) electrons. The van der Waals surface area contributed by atoms with Gasteiger partial charge in [-0.1, -0.05) is 30.3 Å². The highest BCUT2D eigenvalue weighted by Crippen LogP contribution is 2.40. The second-order valence-corrected chi connectivity index (χ2v) is 7.55. The van der Waals surface area contributed by atoms with Crippen molar-refractivity contribution in [2.24, 2.45) is 0 Å². The molecule has 0 bridgehead atoms. The third-order valence-corrected chi connectivity index (χ3v) is 6.05. The Morgan fingerprint density at radius 2 is 1.86 bits per heavy atom. The quantitative estimate of drug-likeness (QED) is 0.503. The normalized spacial score (nSPS) is 17.4. The summed E-state index contributed by atoms with van der Waals surface area (Å²) >= 11 is 0. The molecule has 2 aromatic rings. The van der Waals surface area contributed by atoms with Crippen LogP contribution in [-0.4, -0.2) is 53.3 Å². The van der Waals surface area contributed by atoms with Crippen LogP contribution in [0.25, 0.3) is 0 Å². The Balaban J connectivity index is 1.55. The van der Waals surface area contributed by atoms with E-state index in [9.17, 15) is 24.4 Å². The highest BCUT2D eigenvalue weighted by Gasteiger charge is 2.46. The van der Waals surface area contributed by atoms with Crippen LogP contribution in [0.4, 0.5) is 0 Å². The fourth-order valence-electron chi connectivity index (χ4n) is 4.42. The number of aldehydes is 1. The van der Waals surface area contributed by atoms with E-state index >= 15 is 0 Å². The fourth-order valence-corrected chi connectivity index (χ4v) is 4.42. The summed E-state index contributed by atoms with van der Waals surface area (Å²) in [5.41, 5.74) is 1.97. The predicted octanol–water partition coefficient (Wildman–Crippen LogP) is -0.0173. The molecule has 0 atom stereocenters. The highest BCUT2D eigenvalue weighted by atomic mass is 16.4. The van der Waals surface area contributed by atoms with Gasteiger partial charge in [-0.15, -0.1) is 0 Å². The first-order valence-electron chi connectivity index (χ1n) is 9.57. The molecule has 0 unspecified atom stereocenters. The number of carbonyl (C=O) groups is 3. The molecule has 8 heteroatoms. The molecule has 3 N–H and O–H groups in total. The number of hydrogen-bond acceptors (Lipinski definition) is 5. The second kappa shape index (κ2) is 7.46. The summed E-state index contributed by atoms with van der Waals surface area (Å²) in [4.78, 5) is 38.6. The van der Waals surface area contributed by atoms with E-state index in [2.05, 4.69) is 5.32 Å². The first-order valence-corrected chi connectivity index (χ1v) is 9.57. The molecule has 2 aromatic carbocycles. The topological polar surface area (TPSA) is 107 Å². The van der Waals surface area contributed by atoms with Crippen LogP contribution in [0, 0.1) is 0 Å². The zero-order valence-corrected chi connectivity index (χ0v) is 15.8. The van der Waals surface area contributed by atoms with Crippen LogP contribution in [-0.2, 0) is 16.8 Å². The van der Waals surface area contributed by atoms with Crippen molar-refractivity contribution in [2.75, 3.05) is 13.1 Å². The van der Waals surface area contributed by atoms with Crippen molar-refractivity contribution in [3.05, 3.63) is 64.7 Å². The summed E-state index contributed by atoms with van der Waals surface area (Å²) in [6, 6.07) is 12.1. The van der Waals surface area contributed by atoms with Crippen LogP contribution < -0.4 is 10.8 Å². The molecule has 148 valence electrons. The minimum Gasteiger partial charge on any atom is -0.423 e. The number of benzene rings is 2. The van der Waals surface area contributed by atoms with Crippen LogP contribution in [0.2, 0.25) is 0 Å². The van der Waals surface area contributed by atoms with Crippen LogP contribution >= 0.6 is 0 Å². The van der Waals surface area contributed by atoms with Gasteiger partial charge in [0.05, 0.1) is 5.41 Å². The summed E-state index contributed by atoms with van der Waals surface area (Å²) in [5.74, 6) is -0.237. The molecule has 7 nitrogen and oxygen atoms in total. The van der Waals surface area contributed by atoms with Gasteiger partial charge in [0, 0.05) is 30.8 Å². The molecule has 1 saturated heterocycles. The van der Waals surface area contributed by atoms with E-state index in [0.29, 0.717) is 44.3 Å². The molecule has 2 aliphatic rings. The molecule has 0 saturated carbocycles. The Bertz CT molecular complexity index is 983. The summed E-state index contributed by atoms with van der Waals surface area (Å²) in [6.45, 7) is 1.36. The molecular formula is C21H21BN2O5. The summed E-state index contributed by atoms with van der Waals surface area (Å²) in [7, 11) is -1.78. The van der Waals surface area contributed by atoms with E-state index in [1.165, 1.54) is 18.2 Å². The summed E-state index contributed by atoms with van der Waals surface area (Å²) in [6.07, 6.45) is 1.55. The molecule has 2 amide bonds. The molecule has 2 aliphatic heterocycles. The van der Waals surface area contributed by atoms with Crippen LogP contribution in [0.3, 0.4) is 0 Å².